The van der Waals surface area contributed by atoms with Crippen molar-refractivity contribution in [1.29, 1.82) is 0 Å². The molecular formula is C14H14F3N3O3S. The molecule has 0 spiro atoms. The lowest BCUT2D eigenvalue weighted by Crippen LogP contribution is -2.15. The fraction of sp³-hybridized carbons (Fsp3) is 0.357. The zero-order valence-electron chi connectivity index (χ0n) is 12.7. The van der Waals surface area contributed by atoms with Gasteiger partial charge in [-0.3, -0.25) is 9.36 Å². The second-order valence-corrected chi connectivity index (χ2v) is 5.69. The van der Waals surface area contributed by atoms with Crippen LogP contribution in [0.25, 0.3) is 5.69 Å². The van der Waals surface area contributed by atoms with Gasteiger partial charge in [0.25, 0.3) is 0 Å². The van der Waals surface area contributed by atoms with E-state index in [2.05, 4.69) is 10.2 Å². The minimum Gasteiger partial charge on any atom is -0.481 e. The fourth-order valence-electron chi connectivity index (χ4n) is 2.00. The number of methoxy groups -OCH3 is 1. The molecule has 1 aromatic heterocycles. The highest BCUT2D eigenvalue weighted by Crippen LogP contribution is 2.36. The van der Waals surface area contributed by atoms with Gasteiger partial charge in [-0.1, -0.05) is 23.9 Å². The number of aliphatic carboxylic acids is 1. The van der Waals surface area contributed by atoms with Crippen LogP contribution in [0.4, 0.5) is 13.2 Å². The average Bonchev–Trinajstić information content (AvgIpc) is 2.95. The molecule has 10 heteroatoms. The van der Waals surface area contributed by atoms with Crippen molar-refractivity contribution in [2.24, 2.45) is 0 Å². The van der Waals surface area contributed by atoms with Gasteiger partial charge in [-0.2, -0.15) is 13.2 Å². The van der Waals surface area contributed by atoms with Gasteiger partial charge >= 0.3 is 12.1 Å². The molecule has 0 aliphatic rings. The molecule has 1 atom stereocenters. The highest BCUT2D eigenvalue weighted by Gasteiger charge is 2.35. The standard InChI is InChI=1S/C14H14F3N3O3S/c1-8(23-2)12-18-19-13(24-7-11(21)22)20(12)10-6-4-3-5-9(10)14(15,16)17/h3-6,8H,7H2,1-2H3,(H,21,22)/t8-/m0/s1. The van der Waals surface area contributed by atoms with Gasteiger partial charge in [0, 0.05) is 7.11 Å². The van der Waals surface area contributed by atoms with E-state index in [0.29, 0.717) is 0 Å². The third-order valence-electron chi connectivity index (χ3n) is 3.15. The second kappa shape index (κ2) is 7.22. The lowest BCUT2D eigenvalue weighted by Gasteiger charge is -2.18. The maximum atomic E-state index is 13.3. The number of carboxylic acid groups (broad SMARTS) is 1. The third-order valence-corrected chi connectivity index (χ3v) is 4.06. The lowest BCUT2D eigenvalue weighted by atomic mass is 10.1. The fourth-order valence-corrected chi connectivity index (χ4v) is 2.68. The normalized spacial score (nSPS) is 13.0. The van der Waals surface area contributed by atoms with Crippen molar-refractivity contribution in [3.8, 4) is 5.69 Å². The van der Waals surface area contributed by atoms with E-state index in [1.807, 2.05) is 0 Å². The molecule has 0 aliphatic carbocycles. The summed E-state index contributed by atoms with van der Waals surface area (Å²) in [6.45, 7) is 1.61. The molecule has 0 radical (unpaired) electrons. The van der Waals surface area contributed by atoms with Crippen molar-refractivity contribution in [2.75, 3.05) is 12.9 Å². The number of thioether (sulfide) groups is 1. The van der Waals surface area contributed by atoms with Crippen molar-refractivity contribution >= 4 is 17.7 Å². The van der Waals surface area contributed by atoms with Crippen LogP contribution in [0, 0.1) is 0 Å². The summed E-state index contributed by atoms with van der Waals surface area (Å²) in [5, 5.41) is 16.5. The molecular weight excluding hydrogens is 347 g/mol. The van der Waals surface area contributed by atoms with E-state index in [1.165, 1.54) is 29.9 Å². The van der Waals surface area contributed by atoms with Crippen molar-refractivity contribution in [3.63, 3.8) is 0 Å². The number of aromatic nitrogens is 3. The van der Waals surface area contributed by atoms with Crippen LogP contribution in [0.15, 0.2) is 29.4 Å². The summed E-state index contributed by atoms with van der Waals surface area (Å²) in [7, 11) is 1.39. The number of alkyl halides is 3. The monoisotopic (exact) mass is 361 g/mol. The molecule has 24 heavy (non-hydrogen) atoms. The van der Waals surface area contributed by atoms with Crippen molar-refractivity contribution in [3.05, 3.63) is 35.7 Å². The zero-order valence-corrected chi connectivity index (χ0v) is 13.6. The average molecular weight is 361 g/mol. The van der Waals surface area contributed by atoms with Crippen LogP contribution < -0.4 is 0 Å². The van der Waals surface area contributed by atoms with Gasteiger partial charge < -0.3 is 9.84 Å². The Kier molecular flexibility index (Phi) is 5.50. The first-order valence-corrected chi connectivity index (χ1v) is 7.73. The van der Waals surface area contributed by atoms with Crippen molar-refractivity contribution in [1.82, 2.24) is 14.8 Å². The molecule has 1 N–H and O–H groups in total. The van der Waals surface area contributed by atoms with Gasteiger partial charge in [0.1, 0.15) is 6.10 Å². The molecule has 6 nitrogen and oxygen atoms in total. The first kappa shape index (κ1) is 18.3. The largest absolute Gasteiger partial charge is 0.481 e. The summed E-state index contributed by atoms with van der Waals surface area (Å²) in [6.07, 6.45) is -5.21. The number of benzene rings is 1. The molecule has 2 rings (SSSR count). The van der Waals surface area contributed by atoms with E-state index < -0.39 is 23.8 Å². The molecule has 1 heterocycles. The zero-order chi connectivity index (χ0) is 17.9. The predicted octanol–water partition coefficient (Wildman–Crippen LogP) is 3.17. The van der Waals surface area contributed by atoms with Gasteiger partial charge in [0.2, 0.25) is 0 Å². The number of halogens is 3. The number of para-hydroxylation sites is 1. The third kappa shape index (κ3) is 3.88. The van der Waals surface area contributed by atoms with E-state index in [1.54, 1.807) is 6.92 Å². The van der Waals surface area contributed by atoms with E-state index in [-0.39, 0.29) is 22.4 Å². The van der Waals surface area contributed by atoms with Crippen LogP contribution in [0.2, 0.25) is 0 Å². The van der Waals surface area contributed by atoms with Crippen LogP contribution in [0.5, 0.6) is 0 Å². The molecule has 0 unspecified atom stereocenters. The number of carbonyl (C=O) groups is 1. The molecule has 1 aromatic carbocycles. The summed E-state index contributed by atoms with van der Waals surface area (Å²) in [4.78, 5) is 10.8. The SMILES string of the molecule is CO[C@@H](C)c1nnc(SCC(=O)O)n1-c1ccccc1C(F)(F)F. The first-order chi connectivity index (χ1) is 11.3. The molecule has 0 fully saturated rings. The highest BCUT2D eigenvalue weighted by molar-refractivity contribution is 7.99. The molecule has 130 valence electrons. The number of ether oxygens (including phenoxy) is 1. The number of nitrogens with zero attached hydrogens (tertiary/aromatic N) is 3. The van der Waals surface area contributed by atoms with Crippen LogP contribution in [-0.4, -0.2) is 38.7 Å². The van der Waals surface area contributed by atoms with Crippen LogP contribution in [-0.2, 0) is 15.7 Å². The molecule has 0 aliphatic heterocycles. The van der Waals surface area contributed by atoms with Gasteiger partial charge in [-0.05, 0) is 19.1 Å². The van der Waals surface area contributed by atoms with E-state index >= 15 is 0 Å². The van der Waals surface area contributed by atoms with Crippen LogP contribution >= 0.6 is 11.8 Å². The maximum Gasteiger partial charge on any atom is 0.418 e. The van der Waals surface area contributed by atoms with E-state index in [9.17, 15) is 18.0 Å². The Labute approximate surface area is 139 Å². The van der Waals surface area contributed by atoms with Crippen LogP contribution in [0.1, 0.15) is 24.4 Å². The molecule has 0 bridgehead atoms. The summed E-state index contributed by atoms with van der Waals surface area (Å²) in [5.74, 6) is -1.31. The smallest absolute Gasteiger partial charge is 0.418 e. The van der Waals surface area contributed by atoms with Gasteiger partial charge in [0.15, 0.2) is 11.0 Å². The molecule has 0 saturated carbocycles. The quantitative estimate of drug-likeness (QED) is 0.797. The van der Waals surface area contributed by atoms with Crippen molar-refractivity contribution < 1.29 is 27.8 Å². The number of rotatable bonds is 6. The van der Waals surface area contributed by atoms with Gasteiger partial charge in [-0.25, -0.2) is 0 Å². The Bertz CT molecular complexity index is 734. The Morgan fingerprint density at radius 2 is 2.04 bits per heavy atom. The summed E-state index contributed by atoms with van der Waals surface area (Å²) < 4.78 is 46.3. The minimum atomic E-state index is -4.58. The van der Waals surface area contributed by atoms with Gasteiger partial charge in [-0.15, -0.1) is 10.2 Å². The second-order valence-electron chi connectivity index (χ2n) is 4.75. The highest BCUT2D eigenvalue weighted by atomic mass is 32.2. The minimum absolute atomic E-state index is 0.0491. The number of hydrogen-bond acceptors (Lipinski definition) is 5. The predicted molar refractivity (Wildman–Crippen MR) is 80.1 cm³/mol. The molecule has 0 amide bonds. The number of hydrogen-bond donors (Lipinski definition) is 1. The molecule has 0 saturated heterocycles. The molecule has 2 aromatic rings. The van der Waals surface area contributed by atoms with Crippen LogP contribution in [0.3, 0.4) is 0 Å². The van der Waals surface area contributed by atoms with E-state index in [4.69, 9.17) is 9.84 Å². The Balaban J connectivity index is 2.63. The number of carboxylic acids is 1. The van der Waals surface area contributed by atoms with Crippen molar-refractivity contribution in [2.45, 2.75) is 24.4 Å². The Morgan fingerprint density at radius 1 is 1.38 bits per heavy atom. The topological polar surface area (TPSA) is 77.2 Å². The summed E-state index contributed by atoms with van der Waals surface area (Å²) in [5.41, 5.74) is -1.05. The Morgan fingerprint density at radius 3 is 2.62 bits per heavy atom. The first-order valence-electron chi connectivity index (χ1n) is 6.75. The lowest BCUT2D eigenvalue weighted by molar-refractivity contribution is -0.137. The summed E-state index contributed by atoms with van der Waals surface area (Å²) >= 11 is 0.785. The Hall–Kier alpha value is -2.07. The van der Waals surface area contributed by atoms with E-state index in [0.717, 1.165) is 17.8 Å². The summed E-state index contributed by atoms with van der Waals surface area (Å²) in [6, 6.07) is 4.96. The van der Waals surface area contributed by atoms with Gasteiger partial charge in [0.05, 0.1) is 17.0 Å². The maximum absolute atomic E-state index is 13.3.